The first-order chi connectivity index (χ1) is 12.4. The molecule has 0 spiro atoms. The number of aromatic nitrogens is 1. The third kappa shape index (κ3) is 3.51. The Morgan fingerprint density at radius 2 is 1.92 bits per heavy atom. The van der Waals surface area contributed by atoms with Crippen LogP contribution in [-0.4, -0.2) is 16.9 Å². The monoisotopic (exact) mass is 388 g/mol. The summed E-state index contributed by atoms with van der Waals surface area (Å²) in [4.78, 5) is 26.2. The number of carbonyl (C=O) groups is 2. The molecule has 8 heteroatoms. The van der Waals surface area contributed by atoms with Crippen molar-refractivity contribution in [2.45, 2.75) is 0 Å². The van der Waals surface area contributed by atoms with E-state index in [1.54, 1.807) is 24.3 Å². The molecule has 0 atom stereocenters. The number of benzene rings is 2. The highest BCUT2D eigenvalue weighted by Gasteiger charge is 2.14. The third-order valence-corrected chi connectivity index (χ3v) is 4.19. The fourth-order valence-electron chi connectivity index (χ4n) is 2.54. The summed E-state index contributed by atoms with van der Waals surface area (Å²) in [5.74, 6) is -1.91. The summed E-state index contributed by atoms with van der Waals surface area (Å²) in [6.45, 7) is 0. The minimum atomic E-state index is -1.43. The quantitative estimate of drug-likeness (QED) is 0.470. The number of carboxylic acid groups (broad SMARTS) is 1. The zero-order valence-corrected chi connectivity index (χ0v) is 14.7. The minimum Gasteiger partial charge on any atom is -0.543 e. The molecule has 0 radical (unpaired) electrons. The highest BCUT2D eigenvalue weighted by Crippen LogP contribution is 2.33. The van der Waals surface area contributed by atoms with E-state index in [0.717, 1.165) is 0 Å². The van der Waals surface area contributed by atoms with Crippen LogP contribution >= 0.6 is 23.2 Å². The maximum Gasteiger partial charge on any atom is 0.248 e. The van der Waals surface area contributed by atoms with Crippen LogP contribution in [0.3, 0.4) is 0 Å². The number of hydrogen-bond acceptors (Lipinski definition) is 4. The molecule has 26 heavy (non-hydrogen) atoms. The average Bonchev–Trinajstić information content (AvgIpc) is 2.94. The SMILES string of the molecule is Nc1ccccc1NC(=O)/C=C/c1c(C(=O)[O-])[nH]c2cc(Cl)cc(Cl)c12. The molecule has 0 unspecified atom stereocenters. The predicted molar refractivity (Wildman–Crippen MR) is 101 cm³/mol. The van der Waals surface area contributed by atoms with Crippen molar-refractivity contribution in [2.75, 3.05) is 11.1 Å². The number of nitrogens with two attached hydrogens (primary N) is 1. The summed E-state index contributed by atoms with van der Waals surface area (Å²) < 4.78 is 0. The summed E-state index contributed by atoms with van der Waals surface area (Å²) in [6.07, 6.45) is 2.53. The van der Waals surface area contributed by atoms with Crippen LogP contribution in [-0.2, 0) is 4.79 Å². The molecule has 6 nitrogen and oxygen atoms in total. The zero-order chi connectivity index (χ0) is 18.8. The third-order valence-electron chi connectivity index (χ3n) is 3.68. The van der Waals surface area contributed by atoms with E-state index in [2.05, 4.69) is 10.3 Å². The van der Waals surface area contributed by atoms with Crippen molar-refractivity contribution in [1.29, 1.82) is 0 Å². The van der Waals surface area contributed by atoms with E-state index < -0.39 is 11.9 Å². The van der Waals surface area contributed by atoms with Gasteiger partial charge in [-0.1, -0.05) is 35.3 Å². The van der Waals surface area contributed by atoms with E-state index >= 15 is 0 Å². The Hall–Kier alpha value is -2.96. The molecule has 1 heterocycles. The number of rotatable bonds is 4. The molecule has 2 aromatic carbocycles. The second-order valence-corrected chi connectivity index (χ2v) is 6.26. The topological polar surface area (TPSA) is 111 Å². The Morgan fingerprint density at radius 3 is 2.62 bits per heavy atom. The van der Waals surface area contributed by atoms with Crippen molar-refractivity contribution in [3.05, 3.63) is 63.8 Å². The Kier molecular flexibility index (Phi) is 4.88. The molecular weight excluding hydrogens is 377 g/mol. The van der Waals surface area contributed by atoms with Crippen LogP contribution in [0.1, 0.15) is 16.1 Å². The van der Waals surface area contributed by atoms with Crippen LogP contribution in [0, 0.1) is 0 Å². The number of para-hydroxylation sites is 2. The molecule has 1 aromatic heterocycles. The van der Waals surface area contributed by atoms with Crippen molar-refractivity contribution in [2.24, 2.45) is 0 Å². The predicted octanol–water partition coefficient (Wildman–Crippen LogP) is 3.07. The second kappa shape index (κ2) is 7.11. The Labute approximate surface area is 158 Å². The van der Waals surface area contributed by atoms with E-state index in [9.17, 15) is 14.7 Å². The second-order valence-electron chi connectivity index (χ2n) is 5.42. The minimum absolute atomic E-state index is 0.201. The molecule has 0 fully saturated rings. The van der Waals surface area contributed by atoms with Gasteiger partial charge in [-0.2, -0.15) is 0 Å². The van der Waals surface area contributed by atoms with Gasteiger partial charge in [0.25, 0.3) is 0 Å². The van der Waals surface area contributed by atoms with Crippen LogP contribution in [0.15, 0.2) is 42.5 Å². The van der Waals surface area contributed by atoms with Crippen LogP contribution < -0.4 is 16.2 Å². The fraction of sp³-hybridized carbons (Fsp3) is 0. The van der Waals surface area contributed by atoms with Crippen LogP contribution in [0.4, 0.5) is 11.4 Å². The lowest BCUT2D eigenvalue weighted by molar-refractivity contribution is -0.255. The number of amides is 1. The standard InChI is InChI=1S/C18H13Cl2N3O3/c19-9-7-11(20)16-10(17(18(25)26)23-14(16)8-9)5-6-15(24)22-13-4-2-1-3-12(13)21/h1-8,23H,21H2,(H,22,24)(H,25,26)/p-1/b6-5+. The summed E-state index contributed by atoms with van der Waals surface area (Å²) >= 11 is 12.1. The number of nitrogens with one attached hydrogen (secondary N) is 2. The Balaban J connectivity index is 1.98. The molecule has 0 aliphatic rings. The highest BCUT2D eigenvalue weighted by atomic mass is 35.5. The summed E-state index contributed by atoms with van der Waals surface area (Å²) in [6, 6.07) is 9.80. The molecule has 0 bridgehead atoms. The number of nitrogen functional groups attached to an aromatic ring is 1. The number of hydrogen-bond donors (Lipinski definition) is 3. The Bertz CT molecular complexity index is 1060. The van der Waals surface area contributed by atoms with Crippen LogP contribution in [0.2, 0.25) is 10.0 Å². The normalized spacial score (nSPS) is 11.2. The van der Waals surface area contributed by atoms with E-state index in [4.69, 9.17) is 28.9 Å². The highest BCUT2D eigenvalue weighted by molar-refractivity contribution is 6.39. The summed E-state index contributed by atoms with van der Waals surface area (Å²) in [7, 11) is 0. The molecular formula is C18H12Cl2N3O3-. The van der Waals surface area contributed by atoms with Crippen molar-refractivity contribution in [1.82, 2.24) is 4.98 Å². The molecule has 1 amide bonds. The largest absolute Gasteiger partial charge is 0.543 e. The number of carbonyl (C=O) groups excluding carboxylic acids is 2. The van der Waals surface area contributed by atoms with Gasteiger partial charge in [0.2, 0.25) is 5.91 Å². The maximum atomic E-state index is 12.1. The number of fused-ring (bicyclic) bond motifs is 1. The van der Waals surface area contributed by atoms with E-state index in [-0.39, 0.29) is 16.3 Å². The van der Waals surface area contributed by atoms with Crippen molar-refractivity contribution >= 4 is 63.4 Å². The molecule has 3 aromatic rings. The lowest BCUT2D eigenvalue weighted by atomic mass is 10.1. The smallest absolute Gasteiger partial charge is 0.248 e. The summed E-state index contributed by atoms with van der Waals surface area (Å²) in [5, 5.41) is 15.0. The Morgan fingerprint density at radius 1 is 1.19 bits per heavy atom. The molecule has 4 N–H and O–H groups in total. The van der Waals surface area contributed by atoms with Crippen molar-refractivity contribution in [3.63, 3.8) is 0 Å². The number of aromatic carboxylic acids is 1. The van der Waals surface area contributed by atoms with E-state index in [1.807, 2.05) is 0 Å². The van der Waals surface area contributed by atoms with Gasteiger partial charge in [0.05, 0.1) is 28.1 Å². The average molecular weight is 389 g/mol. The molecule has 132 valence electrons. The van der Waals surface area contributed by atoms with Gasteiger partial charge in [-0.15, -0.1) is 0 Å². The van der Waals surface area contributed by atoms with Gasteiger partial charge in [0.15, 0.2) is 0 Å². The number of carboxylic acids is 1. The molecule has 0 saturated heterocycles. The number of anilines is 2. The number of aromatic amines is 1. The van der Waals surface area contributed by atoms with Gasteiger partial charge < -0.3 is 25.9 Å². The van der Waals surface area contributed by atoms with Gasteiger partial charge in [-0.25, -0.2) is 0 Å². The van der Waals surface area contributed by atoms with Crippen LogP contribution in [0.5, 0.6) is 0 Å². The zero-order valence-electron chi connectivity index (χ0n) is 13.2. The van der Waals surface area contributed by atoms with Crippen molar-refractivity contribution in [3.8, 4) is 0 Å². The van der Waals surface area contributed by atoms with Gasteiger partial charge in [0, 0.05) is 27.6 Å². The fourth-order valence-corrected chi connectivity index (χ4v) is 3.14. The lowest BCUT2D eigenvalue weighted by Gasteiger charge is -2.05. The lowest BCUT2D eigenvalue weighted by Crippen LogP contribution is -2.23. The molecule has 0 aliphatic heterocycles. The van der Waals surface area contributed by atoms with E-state index in [0.29, 0.717) is 27.3 Å². The summed E-state index contributed by atoms with van der Waals surface area (Å²) in [5.41, 5.74) is 7.08. The van der Waals surface area contributed by atoms with Crippen molar-refractivity contribution < 1.29 is 14.7 Å². The van der Waals surface area contributed by atoms with E-state index in [1.165, 1.54) is 24.3 Å². The molecule has 3 rings (SSSR count). The maximum absolute atomic E-state index is 12.1. The van der Waals surface area contributed by atoms with Gasteiger partial charge >= 0.3 is 0 Å². The molecule has 0 saturated carbocycles. The van der Waals surface area contributed by atoms with Gasteiger partial charge in [0.1, 0.15) is 0 Å². The first-order valence-corrected chi connectivity index (χ1v) is 8.18. The number of halogens is 2. The van der Waals surface area contributed by atoms with Gasteiger partial charge in [-0.05, 0) is 30.3 Å². The molecule has 0 aliphatic carbocycles. The first-order valence-electron chi connectivity index (χ1n) is 7.42. The van der Waals surface area contributed by atoms with Gasteiger partial charge in [-0.3, -0.25) is 4.79 Å². The number of H-pyrrole nitrogens is 1. The first kappa shape index (κ1) is 17.8. The van der Waals surface area contributed by atoms with Crippen LogP contribution in [0.25, 0.3) is 17.0 Å².